The number of nitrogens with zero attached hydrogens (tertiary/aromatic N) is 1. The lowest BCUT2D eigenvalue weighted by atomic mass is 10.1. The van der Waals surface area contributed by atoms with Gasteiger partial charge in [-0.05, 0) is 26.8 Å². The van der Waals surface area contributed by atoms with Crippen LogP contribution < -0.4 is 0 Å². The number of rotatable bonds is 7. The molecule has 0 aliphatic carbocycles. The van der Waals surface area contributed by atoms with Crippen molar-refractivity contribution in [3.8, 4) is 0 Å². The Hall–Kier alpha value is -0.120. The van der Waals surface area contributed by atoms with Gasteiger partial charge in [0.2, 0.25) is 0 Å². The van der Waals surface area contributed by atoms with Gasteiger partial charge in [-0.2, -0.15) is 0 Å². The summed E-state index contributed by atoms with van der Waals surface area (Å²) >= 11 is 0. The van der Waals surface area contributed by atoms with Crippen LogP contribution in [-0.4, -0.2) is 49.5 Å². The third-order valence-electron chi connectivity index (χ3n) is 2.53. The second-order valence-electron chi connectivity index (χ2n) is 3.54. The first kappa shape index (κ1) is 12.9. The molecule has 0 aliphatic rings. The van der Waals surface area contributed by atoms with Crippen molar-refractivity contribution in [3.05, 3.63) is 0 Å². The highest BCUT2D eigenvalue weighted by atomic mass is 16.5. The smallest absolute Gasteiger partial charge is 0.0689 e. The molecule has 2 atom stereocenters. The maximum absolute atomic E-state index is 9.58. The Morgan fingerprint density at radius 2 is 2.08 bits per heavy atom. The number of hydrogen-bond donors (Lipinski definition) is 1. The average molecular weight is 189 g/mol. The monoisotopic (exact) mass is 189 g/mol. The molecule has 1 N–H and O–H groups in total. The normalized spacial score (nSPS) is 16.2. The topological polar surface area (TPSA) is 32.7 Å². The van der Waals surface area contributed by atoms with Gasteiger partial charge in [0, 0.05) is 26.3 Å². The summed E-state index contributed by atoms with van der Waals surface area (Å²) < 4.78 is 4.97. The molecular formula is C10H23NO2. The molecule has 0 aliphatic heterocycles. The SMILES string of the molecule is CCC(O)C(C)N(C)CCCOC. The van der Waals surface area contributed by atoms with Crippen molar-refractivity contribution in [2.45, 2.75) is 38.8 Å². The molecule has 0 aromatic rings. The Kier molecular flexibility index (Phi) is 7.23. The van der Waals surface area contributed by atoms with E-state index in [1.807, 2.05) is 14.0 Å². The Balaban J connectivity index is 3.62. The van der Waals surface area contributed by atoms with E-state index >= 15 is 0 Å². The highest BCUT2D eigenvalue weighted by molar-refractivity contribution is 4.70. The summed E-state index contributed by atoms with van der Waals surface area (Å²) in [6.45, 7) is 5.83. The Labute approximate surface area is 81.7 Å². The van der Waals surface area contributed by atoms with Gasteiger partial charge < -0.3 is 14.7 Å². The fourth-order valence-electron chi connectivity index (χ4n) is 1.30. The van der Waals surface area contributed by atoms with Crippen molar-refractivity contribution in [1.82, 2.24) is 4.90 Å². The van der Waals surface area contributed by atoms with Crippen molar-refractivity contribution in [1.29, 1.82) is 0 Å². The maximum Gasteiger partial charge on any atom is 0.0689 e. The first-order chi connectivity index (χ1) is 6.13. The van der Waals surface area contributed by atoms with E-state index in [0.717, 1.165) is 26.0 Å². The summed E-state index contributed by atoms with van der Waals surface area (Å²) in [5.74, 6) is 0. The van der Waals surface area contributed by atoms with Crippen LogP contribution in [0.3, 0.4) is 0 Å². The molecule has 0 radical (unpaired) electrons. The molecule has 0 rings (SSSR count). The van der Waals surface area contributed by atoms with Crippen LogP contribution in [0.25, 0.3) is 0 Å². The van der Waals surface area contributed by atoms with Crippen LogP contribution in [0, 0.1) is 0 Å². The van der Waals surface area contributed by atoms with Crippen molar-refractivity contribution in [2.75, 3.05) is 27.3 Å². The molecule has 0 heterocycles. The second-order valence-corrected chi connectivity index (χ2v) is 3.54. The van der Waals surface area contributed by atoms with Crippen molar-refractivity contribution >= 4 is 0 Å². The van der Waals surface area contributed by atoms with Crippen LogP contribution in [0.4, 0.5) is 0 Å². The molecule has 2 unspecified atom stereocenters. The molecular weight excluding hydrogens is 166 g/mol. The lowest BCUT2D eigenvalue weighted by Gasteiger charge is -2.28. The van der Waals surface area contributed by atoms with E-state index < -0.39 is 0 Å². The van der Waals surface area contributed by atoms with E-state index in [2.05, 4.69) is 11.8 Å². The van der Waals surface area contributed by atoms with Crippen LogP contribution >= 0.6 is 0 Å². The lowest BCUT2D eigenvalue weighted by Crippen LogP contribution is -2.39. The molecule has 0 spiro atoms. The van der Waals surface area contributed by atoms with Gasteiger partial charge in [-0.25, -0.2) is 0 Å². The van der Waals surface area contributed by atoms with Gasteiger partial charge in [0.05, 0.1) is 6.10 Å². The predicted octanol–water partition coefficient (Wildman–Crippen LogP) is 1.11. The minimum Gasteiger partial charge on any atom is -0.392 e. The highest BCUT2D eigenvalue weighted by Gasteiger charge is 2.15. The van der Waals surface area contributed by atoms with Crippen LogP contribution in [0.15, 0.2) is 0 Å². The Morgan fingerprint density at radius 3 is 2.54 bits per heavy atom. The van der Waals surface area contributed by atoms with Gasteiger partial charge >= 0.3 is 0 Å². The first-order valence-electron chi connectivity index (χ1n) is 5.00. The summed E-state index contributed by atoms with van der Waals surface area (Å²) in [4.78, 5) is 2.17. The van der Waals surface area contributed by atoms with Crippen molar-refractivity contribution in [2.24, 2.45) is 0 Å². The molecule has 13 heavy (non-hydrogen) atoms. The first-order valence-corrected chi connectivity index (χ1v) is 5.00. The third-order valence-corrected chi connectivity index (χ3v) is 2.53. The van der Waals surface area contributed by atoms with Crippen molar-refractivity contribution < 1.29 is 9.84 Å². The van der Waals surface area contributed by atoms with Gasteiger partial charge in [-0.1, -0.05) is 6.92 Å². The molecule has 0 bridgehead atoms. The molecule has 3 heteroatoms. The predicted molar refractivity (Wildman–Crippen MR) is 54.9 cm³/mol. The highest BCUT2D eigenvalue weighted by Crippen LogP contribution is 2.05. The largest absolute Gasteiger partial charge is 0.392 e. The summed E-state index contributed by atoms with van der Waals surface area (Å²) in [5.41, 5.74) is 0. The van der Waals surface area contributed by atoms with E-state index in [1.165, 1.54) is 0 Å². The standard InChI is InChI=1S/C10H23NO2/c1-5-10(12)9(2)11(3)7-6-8-13-4/h9-10,12H,5-8H2,1-4H3. The van der Waals surface area contributed by atoms with E-state index in [9.17, 15) is 5.11 Å². The molecule has 0 saturated carbocycles. The van der Waals surface area contributed by atoms with Crippen LogP contribution in [0.2, 0.25) is 0 Å². The Morgan fingerprint density at radius 1 is 1.46 bits per heavy atom. The lowest BCUT2D eigenvalue weighted by molar-refractivity contribution is 0.0648. The number of aliphatic hydroxyl groups is 1. The second kappa shape index (κ2) is 7.30. The number of hydrogen-bond acceptors (Lipinski definition) is 3. The van der Waals surface area contributed by atoms with E-state index in [1.54, 1.807) is 7.11 Å². The van der Waals surface area contributed by atoms with E-state index in [0.29, 0.717) is 0 Å². The molecule has 0 amide bonds. The van der Waals surface area contributed by atoms with Gasteiger partial charge in [0.1, 0.15) is 0 Å². The van der Waals surface area contributed by atoms with E-state index in [4.69, 9.17) is 4.74 Å². The number of likely N-dealkylation sites (N-methyl/N-ethyl adjacent to an activating group) is 1. The number of ether oxygens (including phenoxy) is 1. The van der Waals surface area contributed by atoms with Crippen LogP contribution in [0.5, 0.6) is 0 Å². The zero-order chi connectivity index (χ0) is 10.3. The van der Waals surface area contributed by atoms with Crippen LogP contribution in [-0.2, 0) is 4.74 Å². The molecule has 0 aromatic heterocycles. The molecule has 0 fully saturated rings. The molecule has 0 saturated heterocycles. The van der Waals surface area contributed by atoms with Gasteiger partial charge in [0.15, 0.2) is 0 Å². The third kappa shape index (κ3) is 5.24. The van der Waals surface area contributed by atoms with Gasteiger partial charge in [0.25, 0.3) is 0 Å². The molecule has 80 valence electrons. The van der Waals surface area contributed by atoms with E-state index in [-0.39, 0.29) is 12.1 Å². The average Bonchev–Trinajstić information content (AvgIpc) is 2.15. The molecule has 0 aromatic carbocycles. The number of aliphatic hydroxyl groups excluding tert-OH is 1. The van der Waals surface area contributed by atoms with Gasteiger partial charge in [-0.3, -0.25) is 0 Å². The zero-order valence-electron chi connectivity index (χ0n) is 9.29. The van der Waals surface area contributed by atoms with Gasteiger partial charge in [-0.15, -0.1) is 0 Å². The number of methoxy groups -OCH3 is 1. The summed E-state index contributed by atoms with van der Waals surface area (Å²) in [6.07, 6.45) is 1.62. The van der Waals surface area contributed by atoms with Crippen LogP contribution in [0.1, 0.15) is 26.7 Å². The summed E-state index contributed by atoms with van der Waals surface area (Å²) in [7, 11) is 3.75. The minimum atomic E-state index is -0.215. The zero-order valence-corrected chi connectivity index (χ0v) is 9.29. The maximum atomic E-state index is 9.58. The minimum absolute atomic E-state index is 0.215. The summed E-state index contributed by atoms with van der Waals surface area (Å²) in [6, 6.07) is 0.238. The quantitative estimate of drug-likeness (QED) is 0.609. The summed E-state index contributed by atoms with van der Waals surface area (Å²) in [5, 5.41) is 9.58. The molecule has 3 nitrogen and oxygen atoms in total. The fraction of sp³-hybridized carbons (Fsp3) is 1.00. The van der Waals surface area contributed by atoms with Crippen molar-refractivity contribution in [3.63, 3.8) is 0 Å². The fourth-order valence-corrected chi connectivity index (χ4v) is 1.30. The Bertz CT molecular complexity index is 119.